The number of azide groups is 1. The number of likely N-dealkylation sites (tertiary alicyclic amines) is 1. The van der Waals surface area contributed by atoms with E-state index in [9.17, 15) is 4.79 Å². The van der Waals surface area contributed by atoms with Crippen LogP contribution in [0.3, 0.4) is 0 Å². The average molecular weight is 318 g/mol. The van der Waals surface area contributed by atoms with E-state index in [-0.39, 0.29) is 18.3 Å². The molecule has 1 heterocycles. The van der Waals surface area contributed by atoms with Crippen LogP contribution in [0.1, 0.15) is 26.3 Å². The first-order valence-electron chi connectivity index (χ1n) is 7.57. The van der Waals surface area contributed by atoms with Crippen LogP contribution in [0.5, 0.6) is 0 Å². The summed E-state index contributed by atoms with van der Waals surface area (Å²) in [4.78, 5) is 16.6. The second-order valence-corrected chi connectivity index (χ2v) is 6.49. The van der Waals surface area contributed by atoms with E-state index in [1.165, 1.54) is 4.90 Å². The van der Waals surface area contributed by atoms with E-state index in [4.69, 9.17) is 15.0 Å². The van der Waals surface area contributed by atoms with Gasteiger partial charge >= 0.3 is 6.09 Å². The van der Waals surface area contributed by atoms with Gasteiger partial charge < -0.3 is 14.4 Å². The van der Waals surface area contributed by atoms with E-state index in [2.05, 4.69) is 10.0 Å². The van der Waals surface area contributed by atoms with Crippen LogP contribution < -0.4 is 0 Å². The fourth-order valence-corrected chi connectivity index (χ4v) is 2.46. The minimum Gasteiger partial charge on any atom is -0.445 e. The van der Waals surface area contributed by atoms with Crippen molar-refractivity contribution in [2.24, 2.45) is 5.11 Å². The zero-order valence-electron chi connectivity index (χ0n) is 13.7. The number of carbonyl (C=O) groups is 1. The lowest BCUT2D eigenvalue weighted by molar-refractivity contribution is -0.0589. The Labute approximate surface area is 135 Å². The maximum absolute atomic E-state index is 12.2. The van der Waals surface area contributed by atoms with E-state index in [0.29, 0.717) is 13.1 Å². The monoisotopic (exact) mass is 318 g/mol. The average Bonchev–Trinajstić information content (AvgIpc) is 2.87. The molecule has 2 rings (SSSR count). The fourth-order valence-electron chi connectivity index (χ4n) is 2.46. The third kappa shape index (κ3) is 5.16. The molecule has 0 bridgehead atoms. The second-order valence-electron chi connectivity index (χ2n) is 6.49. The van der Waals surface area contributed by atoms with Gasteiger partial charge in [0, 0.05) is 11.5 Å². The Balaban J connectivity index is 1.94. The van der Waals surface area contributed by atoms with Crippen LogP contribution in [0, 0.1) is 0 Å². The number of benzene rings is 1. The lowest BCUT2D eigenvalue weighted by Gasteiger charge is -2.26. The molecule has 1 aromatic rings. The first kappa shape index (κ1) is 17.1. The number of hydrogen-bond acceptors (Lipinski definition) is 4. The third-order valence-electron chi connectivity index (χ3n) is 3.41. The molecule has 1 aromatic carbocycles. The zero-order valence-corrected chi connectivity index (χ0v) is 13.7. The van der Waals surface area contributed by atoms with Crippen LogP contribution in [0.4, 0.5) is 4.79 Å². The minimum atomic E-state index is -0.424. The van der Waals surface area contributed by atoms with Crippen molar-refractivity contribution in [1.82, 2.24) is 4.90 Å². The predicted octanol–water partition coefficient (Wildman–Crippen LogP) is 3.50. The molecule has 0 saturated carbocycles. The number of carbonyl (C=O) groups excluding carboxylic acids is 1. The first-order valence-corrected chi connectivity index (χ1v) is 7.57. The number of hydrogen-bond donors (Lipinski definition) is 0. The van der Waals surface area contributed by atoms with Crippen molar-refractivity contribution in [3.63, 3.8) is 0 Å². The Bertz CT molecular complexity index is 579. The SMILES string of the molecule is CC(C)(C)OC1CN(C(=O)OCc2ccccc2)CC1N=[N+]=[N-]. The molecule has 124 valence electrons. The molecule has 0 N–H and O–H groups in total. The largest absolute Gasteiger partial charge is 0.445 e. The Kier molecular flexibility index (Phi) is 5.47. The highest BCUT2D eigenvalue weighted by Crippen LogP contribution is 2.23. The molecule has 2 unspecified atom stereocenters. The van der Waals surface area contributed by atoms with Crippen molar-refractivity contribution >= 4 is 6.09 Å². The zero-order chi connectivity index (χ0) is 16.9. The quantitative estimate of drug-likeness (QED) is 0.483. The Morgan fingerprint density at radius 1 is 1.35 bits per heavy atom. The minimum absolute atomic E-state index is 0.215. The highest BCUT2D eigenvalue weighted by atomic mass is 16.6. The van der Waals surface area contributed by atoms with Gasteiger partial charge in [0.05, 0.1) is 24.3 Å². The van der Waals surface area contributed by atoms with Crippen molar-refractivity contribution in [2.45, 2.75) is 45.1 Å². The van der Waals surface area contributed by atoms with Gasteiger partial charge in [-0.1, -0.05) is 35.4 Å². The molecule has 1 saturated heterocycles. The van der Waals surface area contributed by atoms with Gasteiger partial charge in [-0.2, -0.15) is 0 Å². The highest BCUT2D eigenvalue weighted by molar-refractivity contribution is 5.68. The maximum Gasteiger partial charge on any atom is 0.410 e. The van der Waals surface area contributed by atoms with Crippen LogP contribution in [-0.4, -0.2) is 41.8 Å². The van der Waals surface area contributed by atoms with Gasteiger partial charge in [-0.05, 0) is 31.9 Å². The molecule has 1 amide bonds. The highest BCUT2D eigenvalue weighted by Gasteiger charge is 2.38. The first-order chi connectivity index (χ1) is 10.9. The van der Waals surface area contributed by atoms with Gasteiger partial charge in [0.15, 0.2) is 0 Å². The van der Waals surface area contributed by atoms with Gasteiger partial charge in [-0.3, -0.25) is 0 Å². The number of rotatable bonds is 4. The van der Waals surface area contributed by atoms with Crippen molar-refractivity contribution in [3.05, 3.63) is 46.3 Å². The van der Waals surface area contributed by atoms with Gasteiger partial charge in [0.2, 0.25) is 0 Å². The summed E-state index contributed by atoms with van der Waals surface area (Å²) in [6, 6.07) is 9.08. The van der Waals surface area contributed by atoms with Crippen molar-refractivity contribution in [1.29, 1.82) is 0 Å². The summed E-state index contributed by atoms with van der Waals surface area (Å²) in [5.41, 5.74) is 9.24. The van der Waals surface area contributed by atoms with E-state index >= 15 is 0 Å². The molecule has 0 radical (unpaired) electrons. The molecule has 7 nitrogen and oxygen atoms in total. The predicted molar refractivity (Wildman–Crippen MR) is 85.8 cm³/mol. The van der Waals surface area contributed by atoms with E-state index in [1.54, 1.807) is 0 Å². The van der Waals surface area contributed by atoms with Crippen LogP contribution in [0.15, 0.2) is 35.4 Å². The van der Waals surface area contributed by atoms with Crippen molar-refractivity contribution in [3.8, 4) is 0 Å². The lowest BCUT2D eigenvalue weighted by Crippen LogP contribution is -2.35. The van der Waals surface area contributed by atoms with Crippen LogP contribution in [0.2, 0.25) is 0 Å². The standard InChI is InChI=1S/C16H22N4O3/c1-16(2,3)23-14-10-20(9-13(14)18-19-17)15(21)22-11-12-7-5-4-6-8-12/h4-8,13-14H,9-11H2,1-3H3. The number of nitrogens with zero attached hydrogens (tertiary/aromatic N) is 4. The summed E-state index contributed by atoms with van der Waals surface area (Å²) < 4.78 is 11.2. The van der Waals surface area contributed by atoms with Gasteiger partial charge in [-0.15, -0.1) is 0 Å². The normalized spacial score (nSPS) is 20.9. The van der Waals surface area contributed by atoms with Gasteiger partial charge in [0.1, 0.15) is 6.61 Å². The molecule has 0 spiro atoms. The molecule has 23 heavy (non-hydrogen) atoms. The van der Waals surface area contributed by atoms with E-state index in [1.807, 2.05) is 51.1 Å². The summed E-state index contributed by atoms with van der Waals surface area (Å²) in [5.74, 6) is 0. The van der Waals surface area contributed by atoms with E-state index in [0.717, 1.165) is 5.56 Å². The molecule has 7 heteroatoms. The molecule has 1 fully saturated rings. The number of ether oxygens (including phenoxy) is 2. The summed E-state index contributed by atoms with van der Waals surface area (Å²) >= 11 is 0. The van der Waals surface area contributed by atoms with Crippen LogP contribution >= 0.6 is 0 Å². The molecule has 1 aliphatic rings. The molecule has 0 aliphatic carbocycles. The van der Waals surface area contributed by atoms with Crippen molar-refractivity contribution < 1.29 is 14.3 Å². The Hall–Kier alpha value is -2.24. The smallest absolute Gasteiger partial charge is 0.410 e. The van der Waals surface area contributed by atoms with E-state index < -0.39 is 12.1 Å². The molecule has 1 aliphatic heterocycles. The van der Waals surface area contributed by atoms with Gasteiger partial charge in [-0.25, -0.2) is 4.79 Å². The molecule has 2 atom stereocenters. The second kappa shape index (κ2) is 7.35. The molecular formula is C16H22N4O3. The number of amides is 1. The maximum atomic E-state index is 12.2. The van der Waals surface area contributed by atoms with Gasteiger partial charge in [0.25, 0.3) is 0 Å². The van der Waals surface area contributed by atoms with Crippen LogP contribution in [-0.2, 0) is 16.1 Å². The summed E-state index contributed by atoms with van der Waals surface area (Å²) in [7, 11) is 0. The topological polar surface area (TPSA) is 87.5 Å². The molecule has 0 aromatic heterocycles. The third-order valence-corrected chi connectivity index (χ3v) is 3.41. The van der Waals surface area contributed by atoms with Crippen molar-refractivity contribution in [2.75, 3.05) is 13.1 Å². The Morgan fingerprint density at radius 3 is 2.65 bits per heavy atom. The Morgan fingerprint density at radius 2 is 2.04 bits per heavy atom. The summed E-state index contributed by atoms with van der Waals surface area (Å²) in [6.07, 6.45) is -0.748. The lowest BCUT2D eigenvalue weighted by atomic mass is 10.1. The fraction of sp³-hybridized carbons (Fsp3) is 0.562. The molecular weight excluding hydrogens is 296 g/mol. The summed E-state index contributed by atoms with van der Waals surface area (Å²) in [6.45, 7) is 6.66. The van der Waals surface area contributed by atoms with Crippen LogP contribution in [0.25, 0.3) is 10.4 Å². The summed E-state index contributed by atoms with van der Waals surface area (Å²) in [5, 5.41) is 3.75.